The van der Waals surface area contributed by atoms with E-state index < -0.39 is 17.1 Å². The lowest BCUT2D eigenvalue weighted by Crippen LogP contribution is -2.51. The molecule has 0 spiro atoms. The minimum Gasteiger partial charge on any atom is -0.427 e. The van der Waals surface area contributed by atoms with E-state index in [1.165, 1.54) is 29.7 Å². The third-order valence-electron chi connectivity index (χ3n) is 3.13. The van der Waals surface area contributed by atoms with Gasteiger partial charge >= 0.3 is 7.05 Å². The van der Waals surface area contributed by atoms with Gasteiger partial charge in [0.15, 0.2) is 0 Å². The van der Waals surface area contributed by atoms with E-state index in [9.17, 15) is 13.4 Å². The van der Waals surface area contributed by atoms with E-state index in [0.717, 1.165) is 14.8 Å². The molecule has 108 valence electrons. The molecule has 1 N–H and O–H groups in total. The number of benzene rings is 1. The largest absolute Gasteiger partial charge is 0.486 e. The molecular weight excluding hydrogens is 375 g/mol. The zero-order valence-electron chi connectivity index (χ0n) is 10.9. The fraction of sp³-hybridized carbons (Fsp3) is 0.0833. The van der Waals surface area contributed by atoms with Gasteiger partial charge in [-0.05, 0) is 19.1 Å². The molecule has 0 radical (unpaired) electrons. The van der Waals surface area contributed by atoms with Crippen LogP contribution in [0, 0.1) is 6.92 Å². The van der Waals surface area contributed by atoms with Crippen molar-refractivity contribution in [3.05, 3.63) is 44.6 Å². The standard InChI is InChI=1S/C12H10BBrN2O3S2/c1-8-2-4-9(5-3-8)21(18,19)16-13(17)12-10(14)7-20-11(12)6-15-16/h2-7,17H,1H3. The minimum absolute atomic E-state index is 0.0964. The Morgan fingerprint density at radius 2 is 2.00 bits per heavy atom. The molecule has 0 fully saturated rings. The number of sulfonamides is 1. The Hall–Kier alpha value is -1.16. The maximum absolute atomic E-state index is 12.6. The van der Waals surface area contributed by atoms with E-state index in [0.29, 0.717) is 9.94 Å². The van der Waals surface area contributed by atoms with E-state index in [4.69, 9.17) is 0 Å². The molecule has 0 saturated carbocycles. The third-order valence-corrected chi connectivity index (χ3v) is 6.68. The van der Waals surface area contributed by atoms with Crippen LogP contribution in [-0.2, 0) is 10.0 Å². The first kappa shape index (κ1) is 14.8. The van der Waals surface area contributed by atoms with Crippen LogP contribution in [-0.4, -0.2) is 31.0 Å². The second kappa shape index (κ2) is 5.24. The van der Waals surface area contributed by atoms with Gasteiger partial charge < -0.3 is 5.02 Å². The first-order valence-corrected chi connectivity index (χ1v) is 9.12. The van der Waals surface area contributed by atoms with Gasteiger partial charge in [-0.15, -0.1) is 11.3 Å². The van der Waals surface area contributed by atoms with Crippen molar-refractivity contribution in [1.29, 1.82) is 0 Å². The van der Waals surface area contributed by atoms with Crippen LogP contribution in [0.25, 0.3) is 0 Å². The number of thiophene rings is 1. The molecule has 0 amide bonds. The first-order valence-electron chi connectivity index (χ1n) is 6.01. The van der Waals surface area contributed by atoms with Gasteiger partial charge in [-0.1, -0.05) is 33.6 Å². The number of hydrogen-bond acceptors (Lipinski definition) is 5. The lowest BCUT2D eigenvalue weighted by Gasteiger charge is -2.24. The molecule has 2 aromatic rings. The third kappa shape index (κ3) is 2.44. The molecule has 21 heavy (non-hydrogen) atoms. The number of rotatable bonds is 2. The van der Waals surface area contributed by atoms with Gasteiger partial charge in [0, 0.05) is 20.2 Å². The second-order valence-corrected chi connectivity index (χ2v) is 8.13. The van der Waals surface area contributed by atoms with Crippen LogP contribution in [0.4, 0.5) is 0 Å². The topological polar surface area (TPSA) is 70.0 Å². The zero-order chi connectivity index (χ0) is 15.2. The quantitative estimate of drug-likeness (QED) is 0.798. The van der Waals surface area contributed by atoms with E-state index in [1.54, 1.807) is 17.5 Å². The van der Waals surface area contributed by atoms with E-state index in [-0.39, 0.29) is 4.90 Å². The summed E-state index contributed by atoms with van der Waals surface area (Å²) in [6, 6.07) is 6.42. The maximum atomic E-state index is 12.6. The first-order chi connectivity index (χ1) is 9.91. The molecule has 0 bridgehead atoms. The maximum Gasteiger partial charge on any atom is 0.486 e. The molecule has 9 heteroatoms. The summed E-state index contributed by atoms with van der Waals surface area (Å²) in [7, 11) is -5.23. The van der Waals surface area contributed by atoms with Crippen molar-refractivity contribution in [2.75, 3.05) is 0 Å². The van der Waals surface area contributed by atoms with E-state index in [2.05, 4.69) is 21.0 Å². The van der Waals surface area contributed by atoms with Gasteiger partial charge in [0.25, 0.3) is 10.0 Å². The Morgan fingerprint density at radius 1 is 1.33 bits per heavy atom. The predicted molar refractivity (Wildman–Crippen MR) is 87.4 cm³/mol. The summed E-state index contributed by atoms with van der Waals surface area (Å²) in [6.45, 7) is 1.87. The van der Waals surface area contributed by atoms with Gasteiger partial charge in [0.2, 0.25) is 0 Å². The van der Waals surface area contributed by atoms with E-state index >= 15 is 0 Å². The van der Waals surface area contributed by atoms with Gasteiger partial charge in [-0.2, -0.15) is 9.43 Å². The van der Waals surface area contributed by atoms with Crippen molar-refractivity contribution in [3.63, 3.8) is 0 Å². The molecule has 5 nitrogen and oxygen atoms in total. The van der Waals surface area contributed by atoms with Crippen molar-refractivity contribution >= 4 is 56.0 Å². The van der Waals surface area contributed by atoms with Gasteiger partial charge in [-0.25, -0.2) is 8.42 Å². The van der Waals surface area contributed by atoms with Crippen LogP contribution < -0.4 is 5.46 Å². The number of aryl methyl sites for hydroxylation is 1. The number of nitrogens with zero attached hydrogens (tertiary/aromatic N) is 2. The molecule has 1 aromatic heterocycles. The molecule has 0 atom stereocenters. The van der Waals surface area contributed by atoms with Gasteiger partial charge in [-0.3, -0.25) is 0 Å². The molecule has 2 heterocycles. The van der Waals surface area contributed by atoms with Crippen LogP contribution in [0.1, 0.15) is 10.4 Å². The molecule has 1 aromatic carbocycles. The SMILES string of the molecule is Cc1ccc(S(=O)(=O)N2N=Cc3scc(Br)c3B2O)cc1. The molecule has 0 unspecified atom stereocenters. The molecule has 3 rings (SSSR count). The summed E-state index contributed by atoms with van der Waals surface area (Å²) < 4.78 is 26.6. The average molecular weight is 385 g/mol. The van der Waals surface area contributed by atoms with Crippen molar-refractivity contribution in [3.8, 4) is 0 Å². The van der Waals surface area contributed by atoms with Crippen LogP contribution >= 0.6 is 27.3 Å². The predicted octanol–water partition coefficient (Wildman–Crippen LogP) is 1.54. The zero-order valence-corrected chi connectivity index (χ0v) is 14.1. The number of hydrazone groups is 1. The smallest absolute Gasteiger partial charge is 0.427 e. The number of fused-ring (bicyclic) bond motifs is 1. The summed E-state index contributed by atoms with van der Waals surface area (Å²) in [5.41, 5.74) is 1.48. The fourth-order valence-electron chi connectivity index (χ4n) is 2.01. The lowest BCUT2D eigenvalue weighted by molar-refractivity contribution is 0.476. The second-order valence-electron chi connectivity index (χ2n) is 4.57. The minimum atomic E-state index is -3.90. The highest BCUT2D eigenvalue weighted by molar-refractivity contribution is 9.10. The highest BCUT2D eigenvalue weighted by atomic mass is 79.9. The molecule has 0 aliphatic carbocycles. The van der Waals surface area contributed by atoms with Crippen molar-refractivity contribution in [2.24, 2.45) is 5.10 Å². The summed E-state index contributed by atoms with van der Waals surface area (Å²) in [6.07, 6.45) is 1.45. The molecular formula is C12H10BBrN2O3S2. The molecule has 1 aliphatic heterocycles. The normalized spacial score (nSPS) is 14.4. The van der Waals surface area contributed by atoms with Crippen molar-refractivity contribution in [2.45, 2.75) is 11.8 Å². The number of hydrogen-bond donors (Lipinski definition) is 1. The highest BCUT2D eigenvalue weighted by Crippen LogP contribution is 2.24. The molecule has 0 saturated heterocycles. The Kier molecular flexibility index (Phi) is 3.68. The monoisotopic (exact) mass is 384 g/mol. The van der Waals surface area contributed by atoms with Gasteiger partial charge in [0.05, 0.1) is 11.1 Å². The van der Waals surface area contributed by atoms with Crippen LogP contribution in [0.15, 0.2) is 44.1 Å². The molecule has 1 aliphatic rings. The highest BCUT2D eigenvalue weighted by Gasteiger charge is 2.40. The average Bonchev–Trinajstić information content (AvgIpc) is 2.82. The van der Waals surface area contributed by atoms with Crippen LogP contribution in [0.5, 0.6) is 0 Å². The Bertz CT molecular complexity index is 818. The Morgan fingerprint density at radius 3 is 2.67 bits per heavy atom. The van der Waals surface area contributed by atoms with Crippen molar-refractivity contribution in [1.82, 2.24) is 4.33 Å². The van der Waals surface area contributed by atoms with Crippen LogP contribution in [0.3, 0.4) is 0 Å². The fourth-order valence-corrected chi connectivity index (χ4v) is 4.88. The number of halogens is 1. The Balaban J connectivity index is 2.05. The summed E-state index contributed by atoms with van der Waals surface area (Å²) in [4.78, 5) is 0.837. The van der Waals surface area contributed by atoms with Crippen molar-refractivity contribution < 1.29 is 13.4 Å². The summed E-state index contributed by atoms with van der Waals surface area (Å²) in [5, 5.41) is 16.0. The van der Waals surface area contributed by atoms with Gasteiger partial charge in [0.1, 0.15) is 0 Å². The van der Waals surface area contributed by atoms with Crippen LogP contribution in [0.2, 0.25) is 0 Å². The summed E-state index contributed by atoms with van der Waals surface area (Å²) in [5.74, 6) is 0. The summed E-state index contributed by atoms with van der Waals surface area (Å²) >= 11 is 4.71. The lowest BCUT2D eigenvalue weighted by atomic mass is 9.75. The van der Waals surface area contributed by atoms with E-state index in [1.807, 2.05) is 6.92 Å². The Labute approximate surface area is 135 Å².